The highest BCUT2D eigenvalue weighted by molar-refractivity contribution is 5.75. The maximum absolute atomic E-state index is 11.9. The van der Waals surface area contributed by atoms with Crippen LogP contribution in [0, 0.1) is 0 Å². The van der Waals surface area contributed by atoms with Crippen LogP contribution in [0.1, 0.15) is 19.4 Å². The molecule has 2 aromatic rings. The molecule has 0 saturated heterocycles. The fourth-order valence-corrected chi connectivity index (χ4v) is 2.03. The van der Waals surface area contributed by atoms with Crippen LogP contribution in [0.5, 0.6) is 0 Å². The van der Waals surface area contributed by atoms with Gasteiger partial charge >= 0.3 is 5.69 Å². The fraction of sp³-hybridized carbons (Fsp3) is 0.312. The summed E-state index contributed by atoms with van der Waals surface area (Å²) in [4.78, 5) is 27.0. The van der Waals surface area contributed by atoms with E-state index in [-0.39, 0.29) is 17.9 Å². The molecule has 1 N–H and O–H groups in total. The summed E-state index contributed by atoms with van der Waals surface area (Å²) in [6, 6.07) is 11.6. The van der Waals surface area contributed by atoms with Crippen molar-refractivity contribution < 1.29 is 4.79 Å². The Balaban J connectivity index is 1.95. The van der Waals surface area contributed by atoms with Gasteiger partial charge in [-0.25, -0.2) is 9.78 Å². The highest BCUT2D eigenvalue weighted by Crippen LogP contribution is 2.21. The molecule has 0 atom stereocenters. The lowest BCUT2D eigenvalue weighted by molar-refractivity contribution is -0.121. The number of amides is 1. The summed E-state index contributed by atoms with van der Waals surface area (Å²) in [7, 11) is 0. The molecule has 5 nitrogen and oxygen atoms in total. The smallest absolute Gasteiger partial charge is 0.347 e. The lowest BCUT2D eigenvalue weighted by Gasteiger charge is -2.25. The van der Waals surface area contributed by atoms with Gasteiger partial charge in [0.1, 0.15) is 6.54 Å². The predicted molar refractivity (Wildman–Crippen MR) is 81.0 cm³/mol. The van der Waals surface area contributed by atoms with Gasteiger partial charge in [-0.1, -0.05) is 44.2 Å². The molecule has 1 aromatic carbocycles. The summed E-state index contributed by atoms with van der Waals surface area (Å²) < 4.78 is 1.28. The van der Waals surface area contributed by atoms with Crippen molar-refractivity contribution in [3.05, 3.63) is 64.8 Å². The van der Waals surface area contributed by atoms with Gasteiger partial charge in [0.05, 0.1) is 0 Å². The number of hydrogen-bond donors (Lipinski definition) is 1. The summed E-state index contributed by atoms with van der Waals surface area (Å²) in [6.45, 7) is 4.63. The Morgan fingerprint density at radius 2 is 1.95 bits per heavy atom. The third-order valence-corrected chi connectivity index (χ3v) is 3.38. The van der Waals surface area contributed by atoms with Crippen LogP contribution in [-0.2, 0) is 16.8 Å². The molecule has 5 heteroatoms. The quantitative estimate of drug-likeness (QED) is 0.901. The normalized spacial score (nSPS) is 11.1. The molecule has 1 amide bonds. The van der Waals surface area contributed by atoms with Crippen molar-refractivity contribution in [2.45, 2.75) is 25.8 Å². The Morgan fingerprint density at radius 3 is 2.62 bits per heavy atom. The van der Waals surface area contributed by atoms with Crippen LogP contribution in [0.3, 0.4) is 0 Å². The molecule has 0 spiro atoms. The maximum atomic E-state index is 11.9. The molecule has 21 heavy (non-hydrogen) atoms. The van der Waals surface area contributed by atoms with Gasteiger partial charge in [0.2, 0.25) is 5.91 Å². The van der Waals surface area contributed by atoms with Crippen molar-refractivity contribution in [1.82, 2.24) is 14.9 Å². The molecule has 2 rings (SSSR count). The van der Waals surface area contributed by atoms with E-state index in [4.69, 9.17) is 0 Å². The van der Waals surface area contributed by atoms with Crippen LogP contribution in [0.2, 0.25) is 0 Å². The first-order valence-electron chi connectivity index (χ1n) is 6.83. The largest absolute Gasteiger partial charge is 0.354 e. The molecule has 0 aliphatic heterocycles. The Morgan fingerprint density at radius 1 is 1.24 bits per heavy atom. The Labute approximate surface area is 123 Å². The summed E-state index contributed by atoms with van der Waals surface area (Å²) >= 11 is 0. The second-order valence-electron chi connectivity index (χ2n) is 5.56. The monoisotopic (exact) mass is 285 g/mol. The molecule has 0 fully saturated rings. The average Bonchev–Trinajstić information content (AvgIpc) is 2.49. The average molecular weight is 285 g/mol. The molecule has 0 aliphatic rings. The van der Waals surface area contributed by atoms with Crippen LogP contribution in [-0.4, -0.2) is 22.0 Å². The molecule has 0 aliphatic carbocycles. The van der Waals surface area contributed by atoms with Crippen LogP contribution >= 0.6 is 0 Å². The molecule has 0 unspecified atom stereocenters. The van der Waals surface area contributed by atoms with Gasteiger partial charge in [-0.05, 0) is 11.6 Å². The van der Waals surface area contributed by atoms with E-state index in [0.717, 1.165) is 5.56 Å². The van der Waals surface area contributed by atoms with Gasteiger partial charge < -0.3 is 5.32 Å². The van der Waals surface area contributed by atoms with Crippen molar-refractivity contribution in [2.75, 3.05) is 6.54 Å². The zero-order valence-electron chi connectivity index (χ0n) is 12.2. The fourth-order valence-electron chi connectivity index (χ4n) is 2.03. The van der Waals surface area contributed by atoms with E-state index in [9.17, 15) is 9.59 Å². The van der Waals surface area contributed by atoms with Gasteiger partial charge in [-0.2, -0.15) is 0 Å². The number of hydrogen-bond acceptors (Lipinski definition) is 3. The number of carbonyl (C=O) groups is 1. The minimum Gasteiger partial charge on any atom is -0.354 e. The molecule has 0 bridgehead atoms. The Kier molecular flexibility index (Phi) is 4.52. The van der Waals surface area contributed by atoms with Crippen LogP contribution in [0.25, 0.3) is 0 Å². The van der Waals surface area contributed by atoms with E-state index in [0.29, 0.717) is 6.54 Å². The molecular weight excluding hydrogens is 266 g/mol. The van der Waals surface area contributed by atoms with E-state index >= 15 is 0 Å². The van der Waals surface area contributed by atoms with Gasteiger partial charge in [0.25, 0.3) is 0 Å². The highest BCUT2D eigenvalue weighted by atomic mass is 16.2. The van der Waals surface area contributed by atoms with Crippen molar-refractivity contribution in [1.29, 1.82) is 0 Å². The SMILES string of the molecule is CC(C)(CNC(=O)Cn1cccnc1=O)c1ccccc1. The molecule has 1 aromatic heterocycles. The summed E-state index contributed by atoms with van der Waals surface area (Å²) in [5.74, 6) is -0.200. The summed E-state index contributed by atoms with van der Waals surface area (Å²) in [5, 5.41) is 2.87. The zero-order chi connectivity index (χ0) is 15.3. The third-order valence-electron chi connectivity index (χ3n) is 3.38. The first kappa shape index (κ1) is 15.0. The minimum absolute atomic E-state index is 0.0163. The van der Waals surface area contributed by atoms with Crippen molar-refractivity contribution in [3.63, 3.8) is 0 Å². The first-order valence-corrected chi connectivity index (χ1v) is 6.83. The zero-order valence-corrected chi connectivity index (χ0v) is 12.2. The van der Waals surface area contributed by atoms with Crippen molar-refractivity contribution >= 4 is 5.91 Å². The predicted octanol–water partition coefficient (Wildman–Crippen LogP) is 1.34. The third kappa shape index (κ3) is 4.02. The molecule has 110 valence electrons. The molecule has 0 radical (unpaired) electrons. The van der Waals surface area contributed by atoms with E-state index in [2.05, 4.69) is 24.1 Å². The van der Waals surface area contributed by atoms with Crippen molar-refractivity contribution in [2.24, 2.45) is 0 Å². The lowest BCUT2D eigenvalue weighted by Crippen LogP contribution is -2.39. The first-order chi connectivity index (χ1) is 9.99. The van der Waals surface area contributed by atoms with Gasteiger partial charge in [0.15, 0.2) is 0 Å². The van der Waals surface area contributed by atoms with Crippen LogP contribution in [0.4, 0.5) is 0 Å². The van der Waals surface area contributed by atoms with E-state index in [1.54, 1.807) is 12.3 Å². The second kappa shape index (κ2) is 6.35. The van der Waals surface area contributed by atoms with Crippen LogP contribution < -0.4 is 11.0 Å². The number of aromatic nitrogens is 2. The Bertz CT molecular complexity index is 662. The second-order valence-corrected chi connectivity index (χ2v) is 5.56. The molecular formula is C16H19N3O2. The Hall–Kier alpha value is -2.43. The van der Waals surface area contributed by atoms with E-state index < -0.39 is 5.69 Å². The minimum atomic E-state index is -0.421. The lowest BCUT2D eigenvalue weighted by atomic mass is 9.84. The topological polar surface area (TPSA) is 64.0 Å². The summed E-state index contributed by atoms with van der Waals surface area (Å²) in [6.07, 6.45) is 2.96. The van der Waals surface area contributed by atoms with Crippen molar-refractivity contribution in [3.8, 4) is 0 Å². The van der Waals surface area contributed by atoms with Gasteiger partial charge in [-0.15, -0.1) is 0 Å². The number of carbonyl (C=O) groups excluding carboxylic acids is 1. The molecule has 0 saturated carbocycles. The number of benzene rings is 1. The summed E-state index contributed by atoms with van der Waals surface area (Å²) in [5.41, 5.74) is 0.565. The number of nitrogens with zero attached hydrogens (tertiary/aromatic N) is 2. The molecule has 1 heterocycles. The highest BCUT2D eigenvalue weighted by Gasteiger charge is 2.21. The number of nitrogens with one attached hydrogen (secondary N) is 1. The van der Waals surface area contributed by atoms with E-state index in [1.165, 1.54) is 10.8 Å². The maximum Gasteiger partial charge on any atom is 0.347 e. The number of rotatable bonds is 5. The van der Waals surface area contributed by atoms with Gasteiger partial charge in [0, 0.05) is 24.4 Å². The van der Waals surface area contributed by atoms with Gasteiger partial charge in [-0.3, -0.25) is 9.36 Å². The van der Waals surface area contributed by atoms with E-state index in [1.807, 2.05) is 30.3 Å². The van der Waals surface area contributed by atoms with Crippen LogP contribution in [0.15, 0.2) is 53.6 Å². The standard InChI is InChI=1S/C16H19N3O2/c1-16(2,13-7-4-3-5-8-13)12-18-14(20)11-19-10-6-9-17-15(19)21/h3-10H,11-12H2,1-2H3,(H,18,20).